The molecule has 5 aromatic rings. The molecule has 14 heteroatoms. The Morgan fingerprint density at radius 1 is 0.974 bits per heavy atom. The van der Waals surface area contributed by atoms with Crippen LogP contribution < -0.4 is 20.6 Å². The van der Waals surface area contributed by atoms with E-state index >= 15 is 0 Å². The normalized spacial score (nSPS) is 11.3. The van der Waals surface area contributed by atoms with Gasteiger partial charge in [-0.3, -0.25) is 19.6 Å². The summed E-state index contributed by atoms with van der Waals surface area (Å²) in [6, 6.07) is 11.8. The monoisotopic (exact) mass is 523 g/mol. The lowest BCUT2D eigenvalue weighted by Gasteiger charge is -2.14. The molecule has 0 bridgehead atoms. The maximum absolute atomic E-state index is 13.5. The van der Waals surface area contributed by atoms with Crippen LogP contribution in [0, 0.1) is 0 Å². The fraction of sp³-hybridized carbons (Fsp3) is 0.0833. The van der Waals surface area contributed by atoms with Crippen molar-refractivity contribution < 1.29 is 32.0 Å². The van der Waals surface area contributed by atoms with Gasteiger partial charge in [0.15, 0.2) is 0 Å². The van der Waals surface area contributed by atoms with Crippen molar-refractivity contribution in [1.82, 2.24) is 20.2 Å². The summed E-state index contributed by atoms with van der Waals surface area (Å²) in [5, 5.41) is 10.9. The highest BCUT2D eigenvalue weighted by Crippen LogP contribution is 2.33. The molecular weight excluding hydrogens is 505 g/mol. The van der Waals surface area contributed by atoms with Gasteiger partial charge in [-0.05, 0) is 53.2 Å². The second-order valence-corrected chi connectivity index (χ2v) is 8.05. The molecule has 0 aliphatic rings. The quantitative estimate of drug-likeness (QED) is 0.246. The Bertz CT molecular complexity index is 1620. The van der Waals surface area contributed by atoms with Crippen LogP contribution in [0.4, 0.5) is 35.2 Å². The van der Waals surface area contributed by atoms with Crippen LogP contribution in [0.2, 0.25) is 0 Å². The fourth-order valence-electron chi connectivity index (χ4n) is 3.56. The van der Waals surface area contributed by atoms with Crippen molar-refractivity contribution in [2.45, 2.75) is 12.7 Å². The maximum Gasteiger partial charge on any atom is 0.416 e. The van der Waals surface area contributed by atoms with E-state index in [1.165, 1.54) is 35.4 Å². The Kier molecular flexibility index (Phi) is 6.43. The molecule has 0 aliphatic heterocycles. The first-order chi connectivity index (χ1) is 18.2. The molecule has 0 fully saturated rings. The predicted octanol–water partition coefficient (Wildman–Crippen LogP) is 4.20. The number of rotatable bonds is 6. The van der Waals surface area contributed by atoms with E-state index in [0.29, 0.717) is 16.7 Å². The Balaban J connectivity index is 1.30. The number of halogens is 3. The van der Waals surface area contributed by atoms with Gasteiger partial charge in [-0.2, -0.15) is 13.2 Å². The third kappa shape index (κ3) is 5.75. The van der Waals surface area contributed by atoms with Crippen LogP contribution in [0.25, 0.3) is 11.0 Å². The van der Waals surface area contributed by atoms with Gasteiger partial charge in [0, 0.05) is 23.1 Å². The van der Waals surface area contributed by atoms with Crippen molar-refractivity contribution >= 4 is 40.2 Å². The summed E-state index contributed by atoms with van der Waals surface area (Å²) in [7, 11) is 0. The summed E-state index contributed by atoms with van der Waals surface area (Å²) in [4.78, 5) is 36.2. The molecule has 0 saturated carbocycles. The molecule has 0 radical (unpaired) electrons. The van der Waals surface area contributed by atoms with Gasteiger partial charge in [0.1, 0.15) is 5.69 Å². The van der Waals surface area contributed by atoms with Crippen molar-refractivity contribution in [3.8, 4) is 0 Å². The van der Waals surface area contributed by atoms with Gasteiger partial charge in [0.05, 0.1) is 22.9 Å². The van der Waals surface area contributed by atoms with Gasteiger partial charge < -0.3 is 15.6 Å². The summed E-state index contributed by atoms with van der Waals surface area (Å²) >= 11 is 0. The van der Waals surface area contributed by atoms with E-state index in [0.717, 1.165) is 12.1 Å². The number of anilines is 3. The molecular formula is C24H18F3N8O3+. The van der Waals surface area contributed by atoms with E-state index < -0.39 is 23.7 Å². The lowest BCUT2D eigenvalue weighted by atomic mass is 10.1. The molecule has 3 heterocycles. The highest BCUT2D eigenvalue weighted by Gasteiger charge is 2.31. The molecule has 3 amide bonds. The Morgan fingerprint density at radius 2 is 1.79 bits per heavy atom. The molecule has 4 N–H and O–H groups in total. The van der Waals surface area contributed by atoms with Gasteiger partial charge in [-0.25, -0.2) is 9.78 Å². The number of benzene rings is 2. The number of nitrogens with zero attached hydrogens (tertiary/aromatic N) is 4. The van der Waals surface area contributed by atoms with E-state index in [2.05, 4.69) is 36.2 Å². The van der Waals surface area contributed by atoms with Crippen LogP contribution >= 0.6 is 0 Å². The van der Waals surface area contributed by atoms with Crippen LogP contribution in [0.15, 0.2) is 77.8 Å². The summed E-state index contributed by atoms with van der Waals surface area (Å²) in [5.41, 5.74) is 0.680. The molecule has 2 aromatic carbocycles. The van der Waals surface area contributed by atoms with Crippen LogP contribution in [0.5, 0.6) is 0 Å². The molecule has 0 saturated heterocycles. The number of pyridine rings is 1. The average molecular weight is 523 g/mol. The van der Waals surface area contributed by atoms with Gasteiger partial charge in [0.2, 0.25) is 11.8 Å². The van der Waals surface area contributed by atoms with Gasteiger partial charge in [-0.1, -0.05) is 6.07 Å². The Labute approximate surface area is 211 Å². The first kappa shape index (κ1) is 24.4. The number of alkyl halides is 3. The maximum atomic E-state index is 13.5. The summed E-state index contributed by atoms with van der Waals surface area (Å²) in [5.74, 6) is -0.691. The smallest absolute Gasteiger partial charge is 0.345 e. The van der Waals surface area contributed by atoms with Crippen molar-refractivity contribution in [3.63, 3.8) is 0 Å². The molecule has 38 heavy (non-hydrogen) atoms. The number of amides is 3. The van der Waals surface area contributed by atoms with Crippen LogP contribution in [0.3, 0.4) is 0 Å². The number of carbonyl (C=O) groups is 2. The van der Waals surface area contributed by atoms with Gasteiger partial charge >= 0.3 is 18.1 Å². The minimum atomic E-state index is -4.73. The Hall–Kier alpha value is -5.27. The summed E-state index contributed by atoms with van der Waals surface area (Å²) in [6.07, 6.45) is -0.264. The van der Waals surface area contributed by atoms with Crippen molar-refractivity contribution in [2.75, 3.05) is 16.0 Å². The number of urea groups is 1. The first-order valence-electron chi connectivity index (χ1n) is 11.0. The van der Waals surface area contributed by atoms with Crippen molar-refractivity contribution in [2.24, 2.45) is 0 Å². The largest absolute Gasteiger partial charge is 0.416 e. The topological polar surface area (TPSA) is 142 Å². The van der Waals surface area contributed by atoms with Crippen LogP contribution in [-0.2, 0) is 12.7 Å². The van der Waals surface area contributed by atoms with E-state index in [4.69, 9.17) is 4.52 Å². The van der Waals surface area contributed by atoms with E-state index in [-0.39, 0.29) is 29.4 Å². The van der Waals surface area contributed by atoms with Crippen LogP contribution in [0.1, 0.15) is 21.6 Å². The number of carbonyl (C=O) groups excluding carboxylic acids is 2. The highest BCUT2D eigenvalue weighted by molar-refractivity contribution is 6.06. The lowest BCUT2D eigenvalue weighted by Crippen LogP contribution is -2.35. The zero-order valence-electron chi connectivity index (χ0n) is 19.3. The van der Waals surface area contributed by atoms with Crippen LogP contribution in [-0.4, -0.2) is 32.2 Å². The predicted molar refractivity (Wildman–Crippen MR) is 128 cm³/mol. The minimum Gasteiger partial charge on any atom is -0.345 e. The van der Waals surface area contributed by atoms with Gasteiger partial charge in [0.25, 0.3) is 12.1 Å². The molecule has 11 nitrogen and oxygen atoms in total. The van der Waals surface area contributed by atoms with Gasteiger partial charge in [-0.15, -0.1) is 0 Å². The second-order valence-electron chi connectivity index (χ2n) is 8.05. The molecule has 0 aliphatic carbocycles. The van der Waals surface area contributed by atoms with E-state index in [1.54, 1.807) is 30.5 Å². The molecule has 0 atom stereocenters. The molecule has 3 aromatic heterocycles. The third-order valence-corrected chi connectivity index (χ3v) is 5.26. The molecule has 0 unspecified atom stereocenters. The SMILES string of the molecule is O=C(Nc1cc(NC(=O)c2ccc3nc[nH]c3c2)cc(C(F)(F)F)c1)Nc1c[n+](Cc2ccccn2)no1. The van der Waals surface area contributed by atoms with Crippen molar-refractivity contribution in [1.29, 1.82) is 0 Å². The first-order valence-corrected chi connectivity index (χ1v) is 11.0. The second kappa shape index (κ2) is 10.0. The third-order valence-electron chi connectivity index (χ3n) is 5.26. The number of aromatic nitrogens is 5. The number of imidazole rings is 1. The number of hydrogen-bond acceptors (Lipinski definition) is 6. The number of hydrogen-bond donors (Lipinski definition) is 4. The Morgan fingerprint density at radius 3 is 2.55 bits per heavy atom. The summed E-state index contributed by atoms with van der Waals surface area (Å²) in [6.45, 7) is 0.275. The van der Waals surface area contributed by atoms with E-state index in [9.17, 15) is 22.8 Å². The number of aromatic amines is 1. The fourth-order valence-corrected chi connectivity index (χ4v) is 3.56. The molecule has 5 rings (SSSR count). The molecule has 0 spiro atoms. The summed E-state index contributed by atoms with van der Waals surface area (Å²) < 4.78 is 47.0. The van der Waals surface area contributed by atoms with Crippen molar-refractivity contribution in [3.05, 3.63) is 90.1 Å². The zero-order valence-corrected chi connectivity index (χ0v) is 19.3. The lowest BCUT2D eigenvalue weighted by molar-refractivity contribution is -0.755. The average Bonchev–Trinajstić information content (AvgIpc) is 3.52. The number of nitrogens with one attached hydrogen (secondary N) is 4. The zero-order chi connectivity index (χ0) is 26.7. The number of H-pyrrole nitrogens is 1. The minimum absolute atomic E-state index is 0.0480. The number of fused-ring (bicyclic) bond motifs is 1. The molecule has 192 valence electrons. The highest BCUT2D eigenvalue weighted by atomic mass is 19.4. The van der Waals surface area contributed by atoms with E-state index in [1.807, 2.05) is 0 Å². The standard InChI is InChI=1S/C24H17F3N8O3/c25-24(26,27)15-8-17(31-22(36)14-4-5-19-20(7-14)30-13-29-19)10-18(9-15)32-23(37)33-21-12-35(34-38-21)11-16-3-1-2-6-28-16/h1-10,12-13H,11H2,(H3-,29,30,31,32,33,34,36,37)/p+1.